The van der Waals surface area contributed by atoms with Crippen LogP contribution in [0.25, 0.3) is 22.4 Å². The van der Waals surface area contributed by atoms with Gasteiger partial charge in [0.25, 0.3) is 0 Å². The number of hydrogen-bond acceptors (Lipinski definition) is 6. The van der Waals surface area contributed by atoms with E-state index in [4.69, 9.17) is 9.72 Å². The Kier molecular flexibility index (Phi) is 4.62. The van der Waals surface area contributed by atoms with Crippen molar-refractivity contribution in [2.75, 3.05) is 69.3 Å². The van der Waals surface area contributed by atoms with Crippen LogP contribution in [0.5, 0.6) is 0 Å². The van der Waals surface area contributed by atoms with Crippen LogP contribution in [0.15, 0.2) is 36.5 Å². The standard InChI is InChI=1S/C21H26N6O/c1-25-7-9-26(10-8-25)16-4-5-18-19(15-16)24-20(23-18)17-3-2-6-22-21(17)27-11-13-28-14-12-27/h2-6,15H,7-14H2,1H3,(H,23,24). The van der Waals surface area contributed by atoms with Gasteiger partial charge in [0, 0.05) is 51.2 Å². The molecule has 0 aliphatic carbocycles. The lowest BCUT2D eigenvalue weighted by molar-refractivity contribution is 0.122. The number of anilines is 2. The van der Waals surface area contributed by atoms with Gasteiger partial charge in [-0.3, -0.25) is 0 Å². The van der Waals surface area contributed by atoms with Crippen molar-refractivity contribution in [3.8, 4) is 11.4 Å². The second-order valence-electron chi connectivity index (χ2n) is 7.55. The molecule has 7 heteroatoms. The molecule has 2 aliphatic rings. The zero-order valence-corrected chi connectivity index (χ0v) is 16.3. The number of imidazole rings is 1. The van der Waals surface area contributed by atoms with Crippen molar-refractivity contribution in [2.45, 2.75) is 0 Å². The summed E-state index contributed by atoms with van der Waals surface area (Å²) >= 11 is 0. The topological polar surface area (TPSA) is 60.5 Å². The number of ether oxygens (including phenoxy) is 1. The molecule has 0 unspecified atom stereocenters. The van der Waals surface area contributed by atoms with Crippen LogP contribution in [0.2, 0.25) is 0 Å². The van der Waals surface area contributed by atoms with Crippen LogP contribution < -0.4 is 9.80 Å². The van der Waals surface area contributed by atoms with Crippen molar-refractivity contribution in [2.24, 2.45) is 0 Å². The van der Waals surface area contributed by atoms with E-state index in [1.54, 1.807) is 0 Å². The molecule has 2 fully saturated rings. The smallest absolute Gasteiger partial charge is 0.142 e. The highest BCUT2D eigenvalue weighted by atomic mass is 16.5. The number of likely N-dealkylation sites (N-methyl/N-ethyl adjacent to an activating group) is 1. The Morgan fingerprint density at radius 3 is 2.61 bits per heavy atom. The van der Waals surface area contributed by atoms with E-state index in [2.05, 4.69) is 56.0 Å². The number of rotatable bonds is 3. The number of aromatic amines is 1. The van der Waals surface area contributed by atoms with E-state index in [1.165, 1.54) is 5.69 Å². The van der Waals surface area contributed by atoms with Crippen LogP contribution in [0.3, 0.4) is 0 Å². The van der Waals surface area contributed by atoms with Crippen LogP contribution in [0.4, 0.5) is 11.5 Å². The van der Waals surface area contributed by atoms with Gasteiger partial charge < -0.3 is 24.4 Å². The van der Waals surface area contributed by atoms with Gasteiger partial charge in [-0.25, -0.2) is 9.97 Å². The average Bonchev–Trinajstić information content (AvgIpc) is 3.18. The zero-order valence-electron chi connectivity index (χ0n) is 16.3. The first-order valence-corrected chi connectivity index (χ1v) is 9.99. The molecule has 2 aromatic heterocycles. The first kappa shape index (κ1) is 17.5. The number of piperazine rings is 1. The van der Waals surface area contributed by atoms with E-state index in [0.29, 0.717) is 0 Å². The number of hydrogen-bond donors (Lipinski definition) is 1. The lowest BCUT2D eigenvalue weighted by Gasteiger charge is -2.34. The Bertz CT molecular complexity index is 956. The summed E-state index contributed by atoms with van der Waals surface area (Å²) in [5, 5.41) is 0. The van der Waals surface area contributed by atoms with Crippen molar-refractivity contribution in [3.05, 3.63) is 36.5 Å². The number of morpholine rings is 1. The first-order valence-electron chi connectivity index (χ1n) is 9.99. The number of aromatic nitrogens is 3. The molecule has 146 valence electrons. The predicted molar refractivity (Wildman–Crippen MR) is 112 cm³/mol. The summed E-state index contributed by atoms with van der Waals surface area (Å²) in [4.78, 5) is 20.1. The summed E-state index contributed by atoms with van der Waals surface area (Å²) < 4.78 is 5.49. The van der Waals surface area contributed by atoms with Crippen LogP contribution in [0, 0.1) is 0 Å². The fourth-order valence-corrected chi connectivity index (χ4v) is 4.00. The molecule has 0 amide bonds. The number of nitrogens with zero attached hydrogens (tertiary/aromatic N) is 5. The van der Waals surface area contributed by atoms with E-state index in [0.717, 1.165) is 80.7 Å². The van der Waals surface area contributed by atoms with Gasteiger partial charge in [-0.2, -0.15) is 0 Å². The van der Waals surface area contributed by atoms with Crippen LogP contribution in [0.1, 0.15) is 0 Å². The number of fused-ring (bicyclic) bond motifs is 1. The third kappa shape index (κ3) is 3.31. The summed E-state index contributed by atoms with van der Waals surface area (Å²) in [7, 11) is 2.18. The van der Waals surface area contributed by atoms with E-state index in [9.17, 15) is 0 Å². The maximum absolute atomic E-state index is 5.49. The number of H-pyrrole nitrogens is 1. The highest BCUT2D eigenvalue weighted by Gasteiger charge is 2.19. The highest BCUT2D eigenvalue weighted by Crippen LogP contribution is 2.30. The Labute approximate surface area is 164 Å². The van der Waals surface area contributed by atoms with Crippen molar-refractivity contribution in [1.82, 2.24) is 19.9 Å². The molecule has 0 saturated carbocycles. The van der Waals surface area contributed by atoms with Gasteiger partial charge in [-0.1, -0.05) is 0 Å². The molecular weight excluding hydrogens is 352 g/mol. The van der Waals surface area contributed by atoms with Crippen molar-refractivity contribution >= 4 is 22.5 Å². The summed E-state index contributed by atoms with van der Waals surface area (Å²) in [5.41, 5.74) is 4.37. The van der Waals surface area contributed by atoms with Crippen LogP contribution in [-0.2, 0) is 4.74 Å². The van der Waals surface area contributed by atoms with Gasteiger partial charge in [0.2, 0.25) is 0 Å². The maximum atomic E-state index is 5.49. The molecule has 2 saturated heterocycles. The van der Waals surface area contributed by atoms with Gasteiger partial charge in [0.05, 0.1) is 29.8 Å². The van der Waals surface area contributed by atoms with Gasteiger partial charge in [-0.05, 0) is 37.4 Å². The summed E-state index contributed by atoms with van der Waals surface area (Å²) in [6.45, 7) is 7.53. The molecule has 0 atom stereocenters. The molecule has 5 rings (SSSR count). The Hall–Kier alpha value is -2.64. The molecule has 4 heterocycles. The number of pyridine rings is 1. The fourth-order valence-electron chi connectivity index (χ4n) is 4.00. The molecule has 0 radical (unpaired) electrons. The van der Waals surface area contributed by atoms with Crippen molar-refractivity contribution < 1.29 is 4.74 Å². The first-order chi connectivity index (χ1) is 13.8. The van der Waals surface area contributed by atoms with E-state index in [1.807, 2.05) is 12.3 Å². The molecule has 28 heavy (non-hydrogen) atoms. The van der Waals surface area contributed by atoms with E-state index in [-0.39, 0.29) is 0 Å². The number of nitrogens with one attached hydrogen (secondary N) is 1. The minimum atomic E-state index is 0.741. The molecular formula is C21H26N6O. The Balaban J connectivity index is 1.47. The van der Waals surface area contributed by atoms with E-state index >= 15 is 0 Å². The van der Waals surface area contributed by atoms with Gasteiger partial charge in [0.1, 0.15) is 11.6 Å². The summed E-state index contributed by atoms with van der Waals surface area (Å²) in [5.74, 6) is 1.85. The fraction of sp³-hybridized carbons (Fsp3) is 0.429. The van der Waals surface area contributed by atoms with Gasteiger partial charge in [0.15, 0.2) is 0 Å². The molecule has 0 spiro atoms. The summed E-state index contributed by atoms with van der Waals surface area (Å²) in [6, 6.07) is 10.6. The quantitative estimate of drug-likeness (QED) is 0.754. The molecule has 2 aliphatic heterocycles. The second-order valence-corrected chi connectivity index (χ2v) is 7.55. The van der Waals surface area contributed by atoms with Crippen LogP contribution >= 0.6 is 0 Å². The molecule has 7 nitrogen and oxygen atoms in total. The molecule has 1 aromatic carbocycles. The Morgan fingerprint density at radius 2 is 1.79 bits per heavy atom. The third-order valence-corrected chi connectivity index (χ3v) is 5.69. The highest BCUT2D eigenvalue weighted by molar-refractivity contribution is 5.85. The second kappa shape index (κ2) is 7.41. The normalized spacial score (nSPS) is 18.8. The van der Waals surface area contributed by atoms with Gasteiger partial charge >= 0.3 is 0 Å². The lowest BCUT2D eigenvalue weighted by atomic mass is 10.2. The minimum Gasteiger partial charge on any atom is -0.378 e. The average molecular weight is 378 g/mol. The number of benzene rings is 1. The maximum Gasteiger partial charge on any atom is 0.142 e. The van der Waals surface area contributed by atoms with E-state index < -0.39 is 0 Å². The van der Waals surface area contributed by atoms with Crippen LogP contribution in [-0.4, -0.2) is 79.4 Å². The molecule has 1 N–H and O–H groups in total. The molecule has 3 aromatic rings. The van der Waals surface area contributed by atoms with Crippen molar-refractivity contribution in [1.29, 1.82) is 0 Å². The minimum absolute atomic E-state index is 0.741. The monoisotopic (exact) mass is 378 g/mol. The van der Waals surface area contributed by atoms with Gasteiger partial charge in [-0.15, -0.1) is 0 Å². The Morgan fingerprint density at radius 1 is 0.964 bits per heavy atom. The zero-order chi connectivity index (χ0) is 18.9. The lowest BCUT2D eigenvalue weighted by Crippen LogP contribution is -2.44. The SMILES string of the molecule is CN1CCN(c2ccc3nc(-c4cccnc4N4CCOCC4)[nH]c3c2)CC1. The molecule has 0 bridgehead atoms. The third-order valence-electron chi connectivity index (χ3n) is 5.69. The summed E-state index contributed by atoms with van der Waals surface area (Å²) in [6.07, 6.45) is 1.85. The largest absolute Gasteiger partial charge is 0.378 e. The predicted octanol–water partition coefficient (Wildman–Crippen LogP) is 2.21. The van der Waals surface area contributed by atoms with Crippen molar-refractivity contribution in [3.63, 3.8) is 0 Å².